The van der Waals surface area contributed by atoms with Gasteiger partial charge in [-0.05, 0) is 35.7 Å². The number of para-hydroxylation sites is 1. The Labute approximate surface area is 125 Å². The zero-order valence-electron chi connectivity index (χ0n) is 12.2. The van der Waals surface area contributed by atoms with Gasteiger partial charge in [0, 0.05) is 17.8 Å². The molecule has 2 rings (SSSR count). The van der Waals surface area contributed by atoms with E-state index in [1.165, 1.54) is 0 Å². The third-order valence-electron chi connectivity index (χ3n) is 3.11. The molecule has 0 fully saturated rings. The summed E-state index contributed by atoms with van der Waals surface area (Å²) in [7, 11) is 0. The van der Waals surface area contributed by atoms with E-state index in [4.69, 9.17) is 5.73 Å². The molecule has 0 unspecified atom stereocenters. The van der Waals surface area contributed by atoms with Crippen molar-refractivity contribution in [3.8, 4) is 0 Å². The van der Waals surface area contributed by atoms with Gasteiger partial charge in [0.1, 0.15) is 0 Å². The van der Waals surface area contributed by atoms with Gasteiger partial charge in [-0.3, -0.25) is 0 Å². The van der Waals surface area contributed by atoms with E-state index in [0.717, 1.165) is 16.8 Å². The lowest BCUT2D eigenvalue weighted by atomic mass is 10.0. The summed E-state index contributed by atoms with van der Waals surface area (Å²) in [4.78, 5) is 12.0. The summed E-state index contributed by atoms with van der Waals surface area (Å²) in [6, 6.07) is 16.8. The van der Waals surface area contributed by atoms with Gasteiger partial charge in [-0.15, -0.1) is 0 Å². The van der Waals surface area contributed by atoms with Gasteiger partial charge in [-0.25, -0.2) is 4.79 Å². The van der Waals surface area contributed by atoms with Crippen molar-refractivity contribution >= 4 is 17.4 Å². The summed E-state index contributed by atoms with van der Waals surface area (Å²) in [6.45, 7) is 4.59. The molecule has 21 heavy (non-hydrogen) atoms. The van der Waals surface area contributed by atoms with Crippen molar-refractivity contribution in [2.75, 3.05) is 10.6 Å². The highest BCUT2D eigenvalue weighted by Gasteiger charge is 2.09. The molecule has 4 N–H and O–H groups in total. The zero-order chi connectivity index (χ0) is 15.2. The van der Waals surface area contributed by atoms with Crippen molar-refractivity contribution in [1.82, 2.24) is 0 Å². The minimum atomic E-state index is -0.298. The summed E-state index contributed by atoms with van der Waals surface area (Å²) < 4.78 is 0. The largest absolute Gasteiger partial charge is 0.326 e. The van der Waals surface area contributed by atoms with Crippen LogP contribution in [0.25, 0.3) is 0 Å². The van der Waals surface area contributed by atoms with Crippen LogP contribution in [-0.4, -0.2) is 6.03 Å². The van der Waals surface area contributed by atoms with Gasteiger partial charge in [0.15, 0.2) is 0 Å². The van der Waals surface area contributed by atoms with Crippen molar-refractivity contribution < 1.29 is 4.79 Å². The smallest absolute Gasteiger partial charge is 0.324 e. The lowest BCUT2D eigenvalue weighted by Crippen LogP contribution is -2.20. The van der Waals surface area contributed by atoms with Crippen molar-refractivity contribution in [2.45, 2.75) is 26.3 Å². The highest BCUT2D eigenvalue weighted by molar-refractivity contribution is 6.00. The van der Waals surface area contributed by atoms with E-state index in [1.54, 1.807) is 6.07 Å². The fourth-order valence-electron chi connectivity index (χ4n) is 2.00. The molecule has 0 aliphatic heterocycles. The molecule has 0 bridgehead atoms. The Morgan fingerprint density at radius 1 is 1.14 bits per heavy atom. The van der Waals surface area contributed by atoms with Crippen molar-refractivity contribution in [3.63, 3.8) is 0 Å². The van der Waals surface area contributed by atoms with Crippen LogP contribution in [0.1, 0.15) is 30.9 Å². The first kappa shape index (κ1) is 14.9. The molecule has 0 aliphatic rings. The minimum absolute atomic E-state index is 0.298. The van der Waals surface area contributed by atoms with Gasteiger partial charge in [-0.1, -0.05) is 38.1 Å². The number of nitrogens with one attached hydrogen (secondary N) is 2. The van der Waals surface area contributed by atoms with Crippen LogP contribution in [0.5, 0.6) is 0 Å². The van der Waals surface area contributed by atoms with Gasteiger partial charge < -0.3 is 16.4 Å². The van der Waals surface area contributed by atoms with E-state index in [1.807, 2.05) is 30.3 Å². The molecule has 2 aromatic rings. The molecule has 0 heterocycles. The molecule has 0 saturated heterocycles. The molecule has 4 nitrogen and oxygen atoms in total. The minimum Gasteiger partial charge on any atom is -0.326 e. The first-order valence-corrected chi connectivity index (χ1v) is 6.90. The number of amides is 2. The standard InChI is InChI=1S/C17H19N3O/c1-12(2)15-5-3-4-6-16(15)20-17(21)19-14-9-7-13(11-18)8-10-14/h3-7,9,12H,11,18H2,1-2H3,(H2,19,20,21). The summed E-state index contributed by atoms with van der Waals surface area (Å²) in [6.07, 6.45) is 0. The van der Waals surface area contributed by atoms with Crippen molar-refractivity contribution in [1.29, 1.82) is 0 Å². The second-order valence-corrected chi connectivity index (χ2v) is 5.05. The number of benzene rings is 1. The number of hydrogen-bond acceptors (Lipinski definition) is 2. The van der Waals surface area contributed by atoms with Gasteiger partial charge in [0.25, 0.3) is 0 Å². The fraction of sp³-hybridized carbons (Fsp3) is 0.235. The fourth-order valence-corrected chi connectivity index (χ4v) is 2.00. The van der Waals surface area contributed by atoms with Crippen LogP contribution in [0.3, 0.4) is 0 Å². The molecule has 108 valence electrons. The second kappa shape index (κ2) is 6.78. The first-order chi connectivity index (χ1) is 10.1. The summed E-state index contributed by atoms with van der Waals surface area (Å²) in [5, 5.41) is 5.59. The number of carbonyl (C=O) groups is 1. The number of urea groups is 1. The van der Waals surface area contributed by atoms with Gasteiger partial charge in [0.2, 0.25) is 0 Å². The Morgan fingerprint density at radius 2 is 1.90 bits per heavy atom. The lowest BCUT2D eigenvalue weighted by Gasteiger charge is -2.13. The quantitative estimate of drug-likeness (QED) is 0.802. The van der Waals surface area contributed by atoms with Gasteiger partial charge in [-0.2, -0.15) is 0 Å². The van der Waals surface area contributed by atoms with E-state index in [9.17, 15) is 4.79 Å². The number of anilines is 2. The maximum atomic E-state index is 12.0. The highest BCUT2D eigenvalue weighted by Crippen LogP contribution is 2.23. The van der Waals surface area contributed by atoms with E-state index >= 15 is 0 Å². The Hall–Kier alpha value is -2.51. The first-order valence-electron chi connectivity index (χ1n) is 6.90. The van der Waals surface area contributed by atoms with E-state index in [-0.39, 0.29) is 6.03 Å². The lowest BCUT2D eigenvalue weighted by molar-refractivity contribution is 0.262. The molecular formula is C17H19N3O. The third kappa shape index (κ3) is 3.98. The van der Waals surface area contributed by atoms with Gasteiger partial charge >= 0.3 is 6.03 Å². The van der Waals surface area contributed by atoms with Crippen LogP contribution >= 0.6 is 0 Å². The molecule has 2 aromatic carbocycles. The summed E-state index contributed by atoms with van der Waals surface area (Å²) in [5.41, 5.74) is 8.82. The summed E-state index contributed by atoms with van der Waals surface area (Å²) >= 11 is 0. The molecular weight excluding hydrogens is 262 g/mol. The van der Waals surface area contributed by atoms with E-state index in [0.29, 0.717) is 18.2 Å². The monoisotopic (exact) mass is 281 g/mol. The maximum Gasteiger partial charge on any atom is 0.324 e. The van der Waals surface area contributed by atoms with Crippen LogP contribution in [0.2, 0.25) is 0 Å². The van der Waals surface area contributed by atoms with Crippen LogP contribution in [0.4, 0.5) is 16.2 Å². The number of nitrogens with two attached hydrogens (primary N) is 1. The Kier molecular flexibility index (Phi) is 4.81. The van der Waals surface area contributed by atoms with Crippen LogP contribution in [-0.2, 0) is 6.54 Å². The zero-order valence-corrected chi connectivity index (χ0v) is 12.2. The summed E-state index contributed by atoms with van der Waals surface area (Å²) in [5.74, 6) is 0.338. The second-order valence-electron chi connectivity index (χ2n) is 5.05. The predicted molar refractivity (Wildman–Crippen MR) is 85.2 cm³/mol. The van der Waals surface area contributed by atoms with Gasteiger partial charge in [0.05, 0.1) is 5.69 Å². The Balaban J connectivity index is 2.04. The molecule has 0 aromatic heterocycles. The SMILES string of the molecule is CC(C)c1ccccc1NC(=O)Nc1c#cc(CN)cc1. The van der Waals surface area contributed by atoms with Crippen LogP contribution in [0, 0.1) is 12.1 Å². The predicted octanol–water partition coefficient (Wildman–Crippen LogP) is 3.51. The Bertz CT molecular complexity index is 606. The van der Waals surface area contributed by atoms with E-state index < -0.39 is 0 Å². The normalized spacial score (nSPS) is 10.1. The number of carbonyl (C=O) groups excluding carboxylic acids is 1. The third-order valence-corrected chi connectivity index (χ3v) is 3.11. The molecule has 0 saturated carbocycles. The Morgan fingerprint density at radius 3 is 2.52 bits per heavy atom. The number of hydrogen-bond donors (Lipinski definition) is 3. The highest BCUT2D eigenvalue weighted by atomic mass is 16.2. The van der Waals surface area contributed by atoms with Crippen molar-refractivity contribution in [2.24, 2.45) is 5.73 Å². The molecule has 0 radical (unpaired) electrons. The molecule has 2 amide bonds. The molecule has 0 atom stereocenters. The average Bonchev–Trinajstić information content (AvgIpc) is 2.48. The van der Waals surface area contributed by atoms with E-state index in [2.05, 4.69) is 36.6 Å². The van der Waals surface area contributed by atoms with Crippen molar-refractivity contribution in [3.05, 3.63) is 59.7 Å². The molecule has 0 spiro atoms. The average molecular weight is 281 g/mol. The van der Waals surface area contributed by atoms with Crippen LogP contribution in [0.15, 0.2) is 36.4 Å². The topological polar surface area (TPSA) is 67.2 Å². The molecule has 0 aliphatic carbocycles. The number of rotatable bonds is 4. The van der Waals surface area contributed by atoms with Crippen LogP contribution < -0.4 is 16.4 Å². The maximum absolute atomic E-state index is 12.0. The molecule has 4 heteroatoms.